The summed E-state index contributed by atoms with van der Waals surface area (Å²) in [4.78, 5) is 2.91. The van der Waals surface area contributed by atoms with Gasteiger partial charge in [-0.2, -0.15) is 0 Å². The number of H-pyrrole nitrogens is 1. The van der Waals surface area contributed by atoms with Crippen molar-refractivity contribution in [2.24, 2.45) is 0 Å². The molecule has 80 valence electrons. The highest BCUT2D eigenvalue weighted by atomic mass is 35.5. The molecule has 0 spiro atoms. The van der Waals surface area contributed by atoms with Crippen LogP contribution in [0, 0.1) is 0 Å². The van der Waals surface area contributed by atoms with E-state index in [2.05, 4.69) is 4.98 Å². The molecule has 2 aromatic rings. The molecule has 0 aliphatic heterocycles. The van der Waals surface area contributed by atoms with Gasteiger partial charge >= 0.3 is 0 Å². The molecule has 0 amide bonds. The van der Waals surface area contributed by atoms with Crippen molar-refractivity contribution in [3.63, 3.8) is 0 Å². The van der Waals surface area contributed by atoms with Crippen LogP contribution in [0.2, 0.25) is 15.2 Å². The molecule has 0 aliphatic carbocycles. The summed E-state index contributed by atoms with van der Waals surface area (Å²) in [6.45, 7) is 1.65. The van der Waals surface area contributed by atoms with E-state index in [9.17, 15) is 5.11 Å². The SMILES string of the molecule is CC(O)c1c(Cl)[nH]c2c(Cl)c(Cl)ccc12. The predicted molar refractivity (Wildman–Crippen MR) is 64.0 cm³/mol. The molecule has 5 heteroatoms. The molecule has 0 aliphatic rings. The second-order valence-corrected chi connectivity index (χ2v) is 4.48. The highest BCUT2D eigenvalue weighted by Gasteiger charge is 2.16. The van der Waals surface area contributed by atoms with Crippen LogP contribution in [0.4, 0.5) is 0 Å². The van der Waals surface area contributed by atoms with Crippen molar-refractivity contribution in [3.8, 4) is 0 Å². The Labute approximate surface area is 102 Å². The Hall–Kier alpha value is -0.410. The van der Waals surface area contributed by atoms with Gasteiger partial charge in [0.25, 0.3) is 0 Å². The van der Waals surface area contributed by atoms with Crippen LogP contribution in [0.1, 0.15) is 18.6 Å². The van der Waals surface area contributed by atoms with Crippen LogP contribution in [0.25, 0.3) is 10.9 Å². The lowest BCUT2D eigenvalue weighted by Gasteiger charge is -2.03. The van der Waals surface area contributed by atoms with E-state index in [1.165, 1.54) is 0 Å². The molecule has 2 N–H and O–H groups in total. The number of benzene rings is 1. The number of aliphatic hydroxyl groups excluding tert-OH is 1. The molecule has 15 heavy (non-hydrogen) atoms. The number of hydrogen-bond acceptors (Lipinski definition) is 1. The van der Waals surface area contributed by atoms with Crippen LogP contribution in [-0.2, 0) is 0 Å². The van der Waals surface area contributed by atoms with E-state index in [1.807, 2.05) is 0 Å². The summed E-state index contributed by atoms with van der Waals surface area (Å²) in [7, 11) is 0. The van der Waals surface area contributed by atoms with Crippen LogP contribution in [0.3, 0.4) is 0 Å². The van der Waals surface area contributed by atoms with Crippen molar-refractivity contribution in [2.75, 3.05) is 0 Å². The maximum Gasteiger partial charge on any atom is 0.113 e. The van der Waals surface area contributed by atoms with Crippen molar-refractivity contribution >= 4 is 45.7 Å². The Morgan fingerprint density at radius 3 is 2.53 bits per heavy atom. The van der Waals surface area contributed by atoms with Gasteiger partial charge in [-0.3, -0.25) is 0 Å². The first kappa shape index (κ1) is 11.1. The Morgan fingerprint density at radius 1 is 1.27 bits per heavy atom. The number of fused-ring (bicyclic) bond motifs is 1. The molecule has 1 aromatic carbocycles. The zero-order valence-corrected chi connectivity index (χ0v) is 10.1. The molecule has 2 nitrogen and oxygen atoms in total. The predicted octanol–water partition coefficient (Wildman–Crippen LogP) is 4.18. The zero-order chi connectivity index (χ0) is 11.2. The number of aromatic amines is 1. The lowest BCUT2D eigenvalue weighted by Crippen LogP contribution is -1.89. The lowest BCUT2D eigenvalue weighted by atomic mass is 10.1. The molecule has 1 unspecified atom stereocenters. The van der Waals surface area contributed by atoms with Crippen LogP contribution in [-0.4, -0.2) is 10.1 Å². The van der Waals surface area contributed by atoms with Gasteiger partial charge in [-0.05, 0) is 13.0 Å². The normalized spacial score (nSPS) is 13.4. The summed E-state index contributed by atoms with van der Waals surface area (Å²) in [5, 5.41) is 11.6. The maximum absolute atomic E-state index is 9.57. The van der Waals surface area contributed by atoms with Crippen molar-refractivity contribution in [2.45, 2.75) is 13.0 Å². The molecule has 1 atom stereocenters. The fraction of sp³-hybridized carbons (Fsp3) is 0.200. The van der Waals surface area contributed by atoms with Crippen molar-refractivity contribution in [1.82, 2.24) is 4.98 Å². The van der Waals surface area contributed by atoms with Crippen LogP contribution >= 0.6 is 34.8 Å². The summed E-state index contributed by atoms with van der Waals surface area (Å²) in [5.41, 5.74) is 1.30. The van der Waals surface area contributed by atoms with Crippen molar-refractivity contribution in [1.29, 1.82) is 0 Å². The van der Waals surface area contributed by atoms with Crippen LogP contribution in [0.15, 0.2) is 12.1 Å². The Balaban J connectivity index is 2.85. The van der Waals surface area contributed by atoms with E-state index in [1.54, 1.807) is 19.1 Å². The molecular weight excluding hydrogens is 256 g/mol. The van der Waals surface area contributed by atoms with Gasteiger partial charge in [-0.25, -0.2) is 0 Å². The third-order valence-corrected chi connectivity index (χ3v) is 3.38. The first-order valence-electron chi connectivity index (χ1n) is 4.35. The van der Waals surface area contributed by atoms with Crippen LogP contribution in [0.5, 0.6) is 0 Å². The number of aliphatic hydroxyl groups is 1. The number of aromatic nitrogens is 1. The summed E-state index contributed by atoms with van der Waals surface area (Å²) in [6, 6.07) is 3.47. The van der Waals surface area contributed by atoms with E-state index >= 15 is 0 Å². The molecule has 0 fully saturated rings. The van der Waals surface area contributed by atoms with E-state index < -0.39 is 6.10 Å². The fourth-order valence-electron chi connectivity index (χ4n) is 1.60. The average Bonchev–Trinajstić information content (AvgIpc) is 2.49. The van der Waals surface area contributed by atoms with Gasteiger partial charge in [0.05, 0.1) is 21.7 Å². The molecule has 0 saturated carbocycles. The fourth-order valence-corrected chi connectivity index (χ4v) is 2.32. The molecule has 0 radical (unpaired) electrons. The number of halogens is 3. The minimum atomic E-state index is -0.650. The van der Waals surface area contributed by atoms with Gasteiger partial charge in [0.2, 0.25) is 0 Å². The molecule has 0 bridgehead atoms. The smallest absolute Gasteiger partial charge is 0.113 e. The summed E-state index contributed by atoms with van der Waals surface area (Å²) in [6.07, 6.45) is -0.650. The number of nitrogens with one attached hydrogen (secondary N) is 1. The van der Waals surface area contributed by atoms with Gasteiger partial charge in [0.15, 0.2) is 0 Å². The van der Waals surface area contributed by atoms with Gasteiger partial charge in [0.1, 0.15) is 5.15 Å². The Bertz CT molecular complexity index is 519. The molecule has 2 rings (SSSR count). The van der Waals surface area contributed by atoms with E-state index in [-0.39, 0.29) is 0 Å². The second-order valence-electron chi connectivity index (χ2n) is 3.31. The highest BCUT2D eigenvalue weighted by Crippen LogP contribution is 2.37. The Kier molecular flexibility index (Phi) is 2.86. The van der Waals surface area contributed by atoms with Crippen LogP contribution < -0.4 is 0 Å². The average molecular weight is 265 g/mol. The summed E-state index contributed by atoms with van der Waals surface area (Å²) in [5.74, 6) is 0. The topological polar surface area (TPSA) is 36.0 Å². The van der Waals surface area contributed by atoms with Crippen molar-refractivity contribution in [3.05, 3.63) is 32.9 Å². The van der Waals surface area contributed by atoms with E-state index in [4.69, 9.17) is 34.8 Å². The number of hydrogen-bond donors (Lipinski definition) is 2. The molecule has 0 saturated heterocycles. The largest absolute Gasteiger partial charge is 0.389 e. The first-order valence-corrected chi connectivity index (χ1v) is 5.49. The molecule has 1 aromatic heterocycles. The summed E-state index contributed by atoms with van der Waals surface area (Å²) >= 11 is 17.9. The minimum absolute atomic E-state index is 0.393. The van der Waals surface area contributed by atoms with E-state index in [0.717, 1.165) is 5.39 Å². The standard InChI is InChI=1S/C10H8Cl3NO/c1-4(15)7-5-2-3-6(11)8(12)9(5)14-10(7)13/h2-4,14-15H,1H3. The minimum Gasteiger partial charge on any atom is -0.389 e. The monoisotopic (exact) mass is 263 g/mol. The lowest BCUT2D eigenvalue weighted by molar-refractivity contribution is 0.201. The molecule has 1 heterocycles. The third-order valence-electron chi connectivity index (χ3n) is 2.27. The molecular formula is C10H8Cl3NO. The Morgan fingerprint density at radius 2 is 1.93 bits per heavy atom. The van der Waals surface area contributed by atoms with Gasteiger partial charge in [0, 0.05) is 10.9 Å². The van der Waals surface area contributed by atoms with Crippen molar-refractivity contribution < 1.29 is 5.11 Å². The van der Waals surface area contributed by atoms with E-state index in [0.29, 0.717) is 26.3 Å². The van der Waals surface area contributed by atoms with Gasteiger partial charge in [-0.15, -0.1) is 0 Å². The second kappa shape index (κ2) is 3.87. The number of rotatable bonds is 1. The van der Waals surface area contributed by atoms with Gasteiger partial charge < -0.3 is 10.1 Å². The maximum atomic E-state index is 9.57. The third kappa shape index (κ3) is 1.72. The highest BCUT2D eigenvalue weighted by molar-refractivity contribution is 6.45. The zero-order valence-electron chi connectivity index (χ0n) is 7.81. The summed E-state index contributed by atoms with van der Waals surface area (Å²) < 4.78 is 0. The first-order chi connectivity index (χ1) is 7.02. The van der Waals surface area contributed by atoms with Gasteiger partial charge in [-0.1, -0.05) is 40.9 Å². The quantitative estimate of drug-likeness (QED) is 0.796.